The van der Waals surface area contributed by atoms with E-state index in [4.69, 9.17) is 35.3 Å². The van der Waals surface area contributed by atoms with E-state index in [9.17, 15) is 9.59 Å². The zero-order chi connectivity index (χ0) is 22.1. The molecule has 1 amide bonds. The Morgan fingerprint density at radius 2 is 1.74 bits per heavy atom. The van der Waals surface area contributed by atoms with E-state index in [2.05, 4.69) is 0 Å². The average molecular weight is 450 g/mol. The molecule has 1 fully saturated rings. The van der Waals surface area contributed by atoms with Crippen LogP contribution in [-0.2, 0) is 14.3 Å². The number of benzene rings is 2. The normalized spacial score (nSPS) is 13.4. The maximum absolute atomic E-state index is 12.3. The molecule has 0 atom stereocenters. The van der Waals surface area contributed by atoms with Crippen molar-refractivity contribution in [1.29, 1.82) is 0 Å². The van der Waals surface area contributed by atoms with Crippen molar-refractivity contribution < 1.29 is 33.3 Å². The zero-order valence-corrected chi connectivity index (χ0v) is 17.9. The van der Waals surface area contributed by atoms with Gasteiger partial charge in [0.2, 0.25) is 0 Å². The van der Waals surface area contributed by atoms with Gasteiger partial charge in [-0.3, -0.25) is 4.79 Å². The summed E-state index contributed by atoms with van der Waals surface area (Å²) in [7, 11) is 1.46. The lowest BCUT2D eigenvalue weighted by Crippen LogP contribution is -2.43. The summed E-state index contributed by atoms with van der Waals surface area (Å²) >= 11 is 5.82. The lowest BCUT2D eigenvalue weighted by molar-refractivity contribution is -0.137. The van der Waals surface area contributed by atoms with E-state index in [-0.39, 0.29) is 25.7 Å². The van der Waals surface area contributed by atoms with E-state index in [0.29, 0.717) is 54.1 Å². The van der Waals surface area contributed by atoms with Gasteiger partial charge in [0.25, 0.3) is 5.91 Å². The van der Waals surface area contributed by atoms with E-state index in [0.717, 1.165) is 0 Å². The quantitative estimate of drug-likeness (QED) is 0.430. The number of hydrogen-bond acceptors (Lipinski definition) is 7. The van der Waals surface area contributed by atoms with Gasteiger partial charge < -0.3 is 28.6 Å². The molecule has 31 heavy (non-hydrogen) atoms. The van der Waals surface area contributed by atoms with Gasteiger partial charge in [-0.15, -0.1) is 0 Å². The van der Waals surface area contributed by atoms with Crippen LogP contribution >= 0.6 is 11.6 Å². The number of amides is 1. The minimum absolute atomic E-state index is 0.0794. The van der Waals surface area contributed by atoms with Crippen molar-refractivity contribution in [2.75, 3.05) is 53.2 Å². The predicted octanol–water partition coefficient (Wildman–Crippen LogP) is 2.82. The van der Waals surface area contributed by atoms with E-state index >= 15 is 0 Å². The molecule has 2 aromatic rings. The summed E-state index contributed by atoms with van der Waals surface area (Å²) in [5.41, 5.74) is 0.301. The van der Waals surface area contributed by atoms with Crippen molar-refractivity contribution in [3.05, 3.63) is 53.1 Å². The number of halogens is 1. The molecule has 0 spiro atoms. The van der Waals surface area contributed by atoms with Gasteiger partial charge in [0.15, 0.2) is 18.1 Å². The first-order chi connectivity index (χ1) is 15.1. The van der Waals surface area contributed by atoms with Crippen LogP contribution in [0.3, 0.4) is 0 Å². The lowest BCUT2D eigenvalue weighted by atomic mass is 10.2. The fraction of sp³-hybridized carbons (Fsp3) is 0.364. The van der Waals surface area contributed by atoms with Crippen LogP contribution in [0.25, 0.3) is 0 Å². The number of methoxy groups -OCH3 is 1. The molecular weight excluding hydrogens is 426 g/mol. The SMILES string of the molecule is COc1cc(C(=O)OCCOc2ccc(Cl)cc2)ccc1OCC(=O)N1CCOCC1. The summed E-state index contributed by atoms with van der Waals surface area (Å²) in [6.45, 7) is 2.30. The third kappa shape index (κ3) is 6.77. The second-order valence-electron chi connectivity index (χ2n) is 6.59. The highest BCUT2D eigenvalue weighted by atomic mass is 35.5. The van der Waals surface area contributed by atoms with Crippen molar-refractivity contribution in [2.45, 2.75) is 0 Å². The number of esters is 1. The minimum atomic E-state index is -0.519. The lowest BCUT2D eigenvalue weighted by Gasteiger charge is -2.26. The second-order valence-corrected chi connectivity index (χ2v) is 7.02. The monoisotopic (exact) mass is 449 g/mol. The van der Waals surface area contributed by atoms with Crippen LogP contribution < -0.4 is 14.2 Å². The van der Waals surface area contributed by atoms with Crippen molar-refractivity contribution >= 4 is 23.5 Å². The number of carbonyl (C=O) groups excluding carboxylic acids is 2. The van der Waals surface area contributed by atoms with Crippen molar-refractivity contribution in [3.8, 4) is 17.2 Å². The van der Waals surface area contributed by atoms with E-state index in [1.165, 1.54) is 13.2 Å². The van der Waals surface area contributed by atoms with Gasteiger partial charge in [-0.25, -0.2) is 4.79 Å². The number of hydrogen-bond donors (Lipinski definition) is 0. The molecule has 0 unspecified atom stereocenters. The number of carbonyl (C=O) groups is 2. The van der Waals surface area contributed by atoms with E-state index in [1.807, 2.05) is 0 Å². The standard InChI is InChI=1S/C22H24ClNO7/c1-27-20-14-16(22(26)30-13-12-29-18-5-3-17(23)4-6-18)2-7-19(20)31-15-21(25)24-8-10-28-11-9-24/h2-7,14H,8-13,15H2,1H3. The van der Waals surface area contributed by atoms with Gasteiger partial charge in [0.05, 0.1) is 25.9 Å². The summed E-state index contributed by atoms with van der Waals surface area (Å²) in [6, 6.07) is 11.5. The van der Waals surface area contributed by atoms with Crippen LogP contribution in [0.5, 0.6) is 17.2 Å². The van der Waals surface area contributed by atoms with Crippen LogP contribution in [-0.4, -0.2) is 70.0 Å². The van der Waals surface area contributed by atoms with Gasteiger partial charge in [-0.05, 0) is 42.5 Å². The Kier molecular flexibility index (Phi) is 8.37. The molecule has 9 heteroatoms. The Morgan fingerprint density at radius 1 is 1.00 bits per heavy atom. The first-order valence-corrected chi connectivity index (χ1v) is 10.2. The van der Waals surface area contributed by atoms with Crippen LogP contribution in [0.15, 0.2) is 42.5 Å². The van der Waals surface area contributed by atoms with E-state index < -0.39 is 5.97 Å². The van der Waals surface area contributed by atoms with Crippen LogP contribution in [0, 0.1) is 0 Å². The first-order valence-electron chi connectivity index (χ1n) is 9.78. The van der Waals surface area contributed by atoms with Crippen molar-refractivity contribution in [2.24, 2.45) is 0 Å². The summed E-state index contributed by atoms with van der Waals surface area (Å²) in [4.78, 5) is 26.2. The molecule has 2 aromatic carbocycles. The molecule has 0 saturated carbocycles. The predicted molar refractivity (Wildman–Crippen MR) is 113 cm³/mol. The highest BCUT2D eigenvalue weighted by Gasteiger charge is 2.18. The number of nitrogens with zero attached hydrogens (tertiary/aromatic N) is 1. The molecule has 1 aliphatic heterocycles. The molecule has 0 N–H and O–H groups in total. The molecule has 0 radical (unpaired) electrons. The summed E-state index contributed by atoms with van der Waals surface area (Å²) in [5, 5.41) is 0.616. The third-order valence-electron chi connectivity index (χ3n) is 4.51. The van der Waals surface area contributed by atoms with Gasteiger partial charge in [0.1, 0.15) is 19.0 Å². The zero-order valence-electron chi connectivity index (χ0n) is 17.2. The van der Waals surface area contributed by atoms with Crippen LogP contribution in [0.1, 0.15) is 10.4 Å². The topological polar surface area (TPSA) is 83.5 Å². The molecule has 0 bridgehead atoms. The van der Waals surface area contributed by atoms with Crippen LogP contribution in [0.2, 0.25) is 5.02 Å². The fourth-order valence-electron chi connectivity index (χ4n) is 2.87. The summed E-state index contributed by atoms with van der Waals surface area (Å²) in [5.74, 6) is 0.687. The molecule has 0 aliphatic carbocycles. The van der Waals surface area contributed by atoms with Crippen LogP contribution in [0.4, 0.5) is 0 Å². The highest BCUT2D eigenvalue weighted by Crippen LogP contribution is 2.28. The molecule has 1 aliphatic rings. The smallest absolute Gasteiger partial charge is 0.338 e. The molecule has 1 saturated heterocycles. The van der Waals surface area contributed by atoms with Crippen molar-refractivity contribution in [1.82, 2.24) is 4.90 Å². The van der Waals surface area contributed by atoms with Gasteiger partial charge >= 0.3 is 5.97 Å². The minimum Gasteiger partial charge on any atom is -0.493 e. The number of ether oxygens (including phenoxy) is 5. The van der Waals surface area contributed by atoms with Gasteiger partial charge in [-0.1, -0.05) is 11.6 Å². The number of rotatable bonds is 9. The van der Waals surface area contributed by atoms with Gasteiger partial charge in [-0.2, -0.15) is 0 Å². The maximum Gasteiger partial charge on any atom is 0.338 e. The Hall–Kier alpha value is -2.97. The molecule has 1 heterocycles. The first kappa shape index (κ1) is 22.7. The molecule has 3 rings (SSSR count). The highest BCUT2D eigenvalue weighted by molar-refractivity contribution is 6.30. The largest absolute Gasteiger partial charge is 0.493 e. The Balaban J connectivity index is 1.48. The van der Waals surface area contributed by atoms with E-state index in [1.54, 1.807) is 41.3 Å². The average Bonchev–Trinajstić information content (AvgIpc) is 2.81. The molecule has 0 aromatic heterocycles. The molecular formula is C22H24ClNO7. The Morgan fingerprint density at radius 3 is 2.45 bits per heavy atom. The third-order valence-corrected chi connectivity index (χ3v) is 4.77. The Bertz CT molecular complexity index is 882. The molecule has 166 valence electrons. The van der Waals surface area contributed by atoms with Crippen molar-refractivity contribution in [3.63, 3.8) is 0 Å². The maximum atomic E-state index is 12.3. The summed E-state index contributed by atoms with van der Waals surface area (Å²) in [6.07, 6.45) is 0. The number of morpholine rings is 1. The molecule has 8 nitrogen and oxygen atoms in total. The second kappa shape index (κ2) is 11.4. The summed E-state index contributed by atoms with van der Waals surface area (Å²) < 4.78 is 26.8. The fourth-order valence-corrected chi connectivity index (χ4v) is 2.99. The van der Waals surface area contributed by atoms with Gasteiger partial charge in [0, 0.05) is 18.1 Å². The Labute approximate surface area is 185 Å².